The molecule has 0 fully saturated rings. The van der Waals surface area contributed by atoms with Gasteiger partial charge in [0.25, 0.3) is 0 Å². The SMILES string of the molecule is C[s+]1ccc(Cl)c1CO. The first-order chi connectivity index (χ1) is 4.25. The number of thiophene rings is 1. The number of hydrogen-bond acceptors (Lipinski definition) is 1. The van der Waals surface area contributed by atoms with Crippen molar-refractivity contribution in [2.24, 2.45) is 6.26 Å². The van der Waals surface area contributed by atoms with Crippen molar-refractivity contribution in [3.05, 3.63) is 21.3 Å². The first-order valence-corrected chi connectivity index (χ1v) is 4.65. The van der Waals surface area contributed by atoms with Crippen molar-refractivity contribution in [2.45, 2.75) is 6.61 Å². The van der Waals surface area contributed by atoms with Gasteiger partial charge >= 0.3 is 0 Å². The average Bonchev–Trinajstić information content (AvgIpc) is 2.12. The molecule has 1 N–H and O–H groups in total. The summed E-state index contributed by atoms with van der Waals surface area (Å²) >= 11 is 5.71. The molecule has 0 aliphatic rings. The molecule has 0 aliphatic heterocycles. The summed E-state index contributed by atoms with van der Waals surface area (Å²) in [4.78, 5) is 0.955. The van der Waals surface area contributed by atoms with Gasteiger partial charge in [-0.15, -0.1) is 0 Å². The maximum Gasteiger partial charge on any atom is 0.193 e. The Morgan fingerprint density at radius 2 is 2.44 bits per heavy atom. The van der Waals surface area contributed by atoms with Crippen molar-refractivity contribution in [1.29, 1.82) is 0 Å². The smallest absolute Gasteiger partial charge is 0.193 e. The molecule has 0 saturated heterocycles. The molecule has 0 spiro atoms. The van der Waals surface area contributed by atoms with Crippen LogP contribution in [0.1, 0.15) is 4.88 Å². The summed E-state index contributed by atoms with van der Waals surface area (Å²) in [6, 6.07) is 1.84. The van der Waals surface area contributed by atoms with Crippen molar-refractivity contribution in [3.8, 4) is 0 Å². The first-order valence-electron chi connectivity index (χ1n) is 2.58. The lowest BCUT2D eigenvalue weighted by Crippen LogP contribution is -1.76. The van der Waals surface area contributed by atoms with Crippen LogP contribution in [0.25, 0.3) is 0 Å². The minimum Gasteiger partial charge on any atom is -0.387 e. The minimum absolute atomic E-state index is 0.0764. The number of aliphatic hydroxyl groups is 1. The molecule has 1 nitrogen and oxygen atoms in total. The topological polar surface area (TPSA) is 20.2 Å². The second-order valence-corrected chi connectivity index (χ2v) is 4.08. The van der Waals surface area contributed by atoms with Crippen LogP contribution in [0, 0.1) is 0 Å². The Balaban J connectivity index is 3.07. The van der Waals surface area contributed by atoms with Crippen LogP contribution in [0.15, 0.2) is 11.4 Å². The number of aryl methyl sites for hydroxylation is 1. The van der Waals surface area contributed by atoms with E-state index in [0.717, 1.165) is 4.88 Å². The minimum atomic E-state index is 0.0764. The van der Waals surface area contributed by atoms with Crippen LogP contribution in [-0.4, -0.2) is 5.11 Å². The van der Waals surface area contributed by atoms with Crippen molar-refractivity contribution in [1.82, 2.24) is 0 Å². The van der Waals surface area contributed by atoms with Gasteiger partial charge < -0.3 is 5.11 Å². The molecule has 50 valence electrons. The van der Waals surface area contributed by atoms with Crippen LogP contribution in [0.3, 0.4) is 0 Å². The van der Waals surface area contributed by atoms with Crippen LogP contribution in [0.2, 0.25) is 5.02 Å². The van der Waals surface area contributed by atoms with Crippen LogP contribution in [-0.2, 0) is 12.9 Å². The number of rotatable bonds is 1. The molecule has 0 radical (unpaired) electrons. The molecule has 0 saturated carbocycles. The van der Waals surface area contributed by atoms with Crippen LogP contribution in [0.5, 0.6) is 0 Å². The van der Waals surface area contributed by atoms with Crippen molar-refractivity contribution in [2.75, 3.05) is 0 Å². The zero-order chi connectivity index (χ0) is 6.85. The fourth-order valence-corrected chi connectivity index (χ4v) is 2.31. The van der Waals surface area contributed by atoms with E-state index >= 15 is 0 Å². The Labute approximate surface area is 61.9 Å². The molecule has 0 amide bonds. The van der Waals surface area contributed by atoms with E-state index in [0.29, 0.717) is 5.02 Å². The van der Waals surface area contributed by atoms with E-state index in [1.54, 1.807) is 0 Å². The number of halogens is 1. The lowest BCUT2D eigenvalue weighted by molar-refractivity contribution is 0.285. The lowest BCUT2D eigenvalue weighted by Gasteiger charge is -1.83. The summed E-state index contributed by atoms with van der Waals surface area (Å²) < 4.78 is 0. The fraction of sp³-hybridized carbons (Fsp3) is 0.333. The molecule has 9 heavy (non-hydrogen) atoms. The van der Waals surface area contributed by atoms with Gasteiger partial charge in [-0.05, 0) is 10.5 Å². The monoisotopic (exact) mass is 163 g/mol. The lowest BCUT2D eigenvalue weighted by atomic mass is 10.5. The van der Waals surface area contributed by atoms with Crippen molar-refractivity contribution in [3.63, 3.8) is 0 Å². The van der Waals surface area contributed by atoms with Crippen molar-refractivity contribution < 1.29 is 5.11 Å². The number of aliphatic hydroxyl groups excluding tert-OH is 1. The largest absolute Gasteiger partial charge is 0.387 e. The standard InChI is InChI=1S/C6H8ClOS/c1-9-3-2-5(7)6(9)4-8/h2-3,8H,4H2,1H3/q+1. The van der Waals surface area contributed by atoms with Gasteiger partial charge in [0, 0.05) is 6.07 Å². The Kier molecular flexibility index (Phi) is 2.11. The third-order valence-electron chi connectivity index (χ3n) is 1.22. The summed E-state index contributed by atoms with van der Waals surface area (Å²) in [6.07, 6.45) is 2.04. The zero-order valence-corrected chi connectivity index (χ0v) is 6.67. The Bertz CT molecular complexity index is 187. The van der Waals surface area contributed by atoms with E-state index in [1.165, 1.54) is 0 Å². The Morgan fingerprint density at radius 1 is 1.78 bits per heavy atom. The summed E-state index contributed by atoms with van der Waals surface area (Å²) in [5, 5.41) is 11.5. The highest BCUT2D eigenvalue weighted by molar-refractivity contribution is 7.28. The molecule has 1 heterocycles. The molecule has 3 heteroatoms. The summed E-state index contributed by atoms with van der Waals surface area (Å²) in [5.41, 5.74) is 0. The maximum atomic E-state index is 8.73. The third kappa shape index (κ3) is 1.26. The zero-order valence-electron chi connectivity index (χ0n) is 5.10. The third-order valence-corrected chi connectivity index (χ3v) is 3.35. The molecular formula is C6H8ClOS+. The van der Waals surface area contributed by atoms with Gasteiger partial charge in [0.1, 0.15) is 23.3 Å². The second kappa shape index (κ2) is 2.69. The molecule has 1 rings (SSSR count). The van der Waals surface area contributed by atoms with Gasteiger partial charge in [-0.2, -0.15) is 0 Å². The number of hydrogen-bond donors (Lipinski definition) is 1. The van der Waals surface area contributed by atoms with Gasteiger partial charge in [-0.1, -0.05) is 11.6 Å². The summed E-state index contributed by atoms with van der Waals surface area (Å²) in [5.74, 6) is 0. The van der Waals surface area contributed by atoms with Crippen molar-refractivity contribution >= 4 is 22.1 Å². The second-order valence-electron chi connectivity index (χ2n) is 1.79. The highest BCUT2D eigenvalue weighted by atomic mass is 35.5. The van der Waals surface area contributed by atoms with Gasteiger partial charge in [0.05, 0.1) is 0 Å². The quantitative estimate of drug-likeness (QED) is 0.629. The Morgan fingerprint density at radius 3 is 2.67 bits per heavy atom. The van der Waals surface area contributed by atoms with E-state index < -0.39 is 0 Å². The van der Waals surface area contributed by atoms with E-state index in [1.807, 2.05) is 17.7 Å². The summed E-state index contributed by atoms with van der Waals surface area (Å²) in [7, 11) is 0.0764. The maximum absolute atomic E-state index is 8.73. The Hall–Kier alpha value is -0.0500. The average molecular weight is 164 g/mol. The predicted molar refractivity (Wildman–Crippen MR) is 40.8 cm³/mol. The predicted octanol–water partition coefficient (Wildman–Crippen LogP) is 2.12. The first kappa shape index (κ1) is 7.06. The molecule has 1 unspecified atom stereocenters. The highest BCUT2D eigenvalue weighted by Crippen LogP contribution is 2.29. The van der Waals surface area contributed by atoms with Crippen LogP contribution >= 0.6 is 22.1 Å². The normalized spacial score (nSPS) is 12.1. The van der Waals surface area contributed by atoms with Gasteiger partial charge in [-0.3, -0.25) is 0 Å². The molecule has 1 aromatic rings. The molecular weight excluding hydrogens is 156 g/mol. The van der Waals surface area contributed by atoms with E-state index in [2.05, 4.69) is 0 Å². The van der Waals surface area contributed by atoms with E-state index in [9.17, 15) is 0 Å². The molecule has 0 aliphatic carbocycles. The van der Waals surface area contributed by atoms with Gasteiger partial charge in [-0.25, -0.2) is 0 Å². The van der Waals surface area contributed by atoms with Gasteiger partial charge in [0.2, 0.25) is 0 Å². The van der Waals surface area contributed by atoms with Crippen LogP contribution in [0.4, 0.5) is 0 Å². The van der Waals surface area contributed by atoms with E-state index in [-0.39, 0.29) is 17.1 Å². The summed E-state index contributed by atoms with van der Waals surface area (Å²) in [6.45, 7) is 0.0887. The van der Waals surface area contributed by atoms with Crippen LogP contribution < -0.4 is 0 Å². The van der Waals surface area contributed by atoms with Gasteiger partial charge in [0.15, 0.2) is 4.88 Å². The van der Waals surface area contributed by atoms with E-state index in [4.69, 9.17) is 16.7 Å². The fourth-order valence-electron chi connectivity index (χ4n) is 0.668. The molecule has 0 aromatic carbocycles. The highest BCUT2D eigenvalue weighted by Gasteiger charge is 2.11. The molecule has 0 bridgehead atoms. The molecule has 1 aromatic heterocycles. The molecule has 1 atom stereocenters.